The number of aryl methyl sites for hydroxylation is 1. The molecule has 2 N–H and O–H groups in total. The molecule has 7 heteroatoms. The molecule has 0 unspecified atom stereocenters. The van der Waals surface area contributed by atoms with Gasteiger partial charge in [-0.2, -0.15) is 0 Å². The monoisotopic (exact) mass is 463 g/mol. The fourth-order valence-corrected chi connectivity index (χ4v) is 5.09. The first-order chi connectivity index (χ1) is 17.1. The largest absolute Gasteiger partial charge is 0.465 e. The van der Waals surface area contributed by atoms with Crippen molar-refractivity contribution < 1.29 is 9.90 Å². The number of fused-ring (bicyclic) bond motifs is 2. The molecular weight excluding hydrogens is 438 g/mol. The maximum atomic E-state index is 12.1. The maximum absolute atomic E-state index is 12.1. The van der Waals surface area contributed by atoms with Crippen LogP contribution in [0.4, 0.5) is 10.6 Å². The summed E-state index contributed by atoms with van der Waals surface area (Å²) in [6.07, 6.45) is 12.8. The number of carboxylic acid groups (broad SMARTS) is 1. The molecule has 0 fully saturated rings. The molecule has 2 aliphatic rings. The van der Waals surface area contributed by atoms with E-state index in [0.29, 0.717) is 6.54 Å². The van der Waals surface area contributed by atoms with Gasteiger partial charge in [-0.3, -0.25) is 4.90 Å². The second-order valence-corrected chi connectivity index (χ2v) is 9.02. The van der Waals surface area contributed by atoms with Gasteiger partial charge in [0.1, 0.15) is 11.5 Å². The molecule has 5 heterocycles. The first kappa shape index (κ1) is 21.2. The Morgan fingerprint density at radius 3 is 2.89 bits per heavy atom. The fraction of sp³-hybridized carbons (Fsp3) is 0.179. The highest BCUT2D eigenvalue weighted by molar-refractivity contribution is 5.85. The van der Waals surface area contributed by atoms with E-state index < -0.39 is 12.1 Å². The van der Waals surface area contributed by atoms with Crippen molar-refractivity contribution in [1.29, 1.82) is 0 Å². The highest BCUT2D eigenvalue weighted by Gasteiger charge is 2.29. The second-order valence-electron chi connectivity index (χ2n) is 9.02. The van der Waals surface area contributed by atoms with Gasteiger partial charge in [0.15, 0.2) is 0 Å². The van der Waals surface area contributed by atoms with Crippen LogP contribution in [0.5, 0.6) is 0 Å². The van der Waals surface area contributed by atoms with Crippen LogP contribution in [0.2, 0.25) is 0 Å². The van der Waals surface area contributed by atoms with Crippen molar-refractivity contribution >= 4 is 22.9 Å². The molecule has 0 aliphatic carbocycles. The number of rotatable bonds is 3. The van der Waals surface area contributed by atoms with Gasteiger partial charge < -0.3 is 15.0 Å². The Hall–Kier alpha value is -4.39. The van der Waals surface area contributed by atoms with Crippen molar-refractivity contribution in [2.45, 2.75) is 25.9 Å². The van der Waals surface area contributed by atoms with Crippen molar-refractivity contribution in [2.75, 3.05) is 11.4 Å². The highest BCUT2D eigenvalue weighted by atomic mass is 16.4. The number of H-pyrrole nitrogens is 1. The third-order valence-electron chi connectivity index (χ3n) is 6.91. The summed E-state index contributed by atoms with van der Waals surface area (Å²) in [4.78, 5) is 28.1. The molecule has 7 nitrogen and oxygen atoms in total. The van der Waals surface area contributed by atoms with E-state index in [9.17, 15) is 9.90 Å². The van der Waals surface area contributed by atoms with Crippen molar-refractivity contribution in [2.24, 2.45) is 0 Å². The van der Waals surface area contributed by atoms with Crippen LogP contribution in [0.1, 0.15) is 28.3 Å². The average molecular weight is 464 g/mol. The third-order valence-corrected chi connectivity index (χ3v) is 6.91. The number of benzene rings is 1. The summed E-state index contributed by atoms with van der Waals surface area (Å²) in [5.41, 5.74) is 7.48. The fourth-order valence-electron chi connectivity index (χ4n) is 5.09. The number of pyridine rings is 2. The Kier molecular flexibility index (Phi) is 5.10. The first-order valence-corrected chi connectivity index (χ1v) is 11.7. The molecule has 174 valence electrons. The lowest BCUT2D eigenvalue weighted by atomic mass is 9.86. The number of anilines is 1. The number of aromatic nitrogens is 3. The molecule has 1 atom stereocenters. The zero-order valence-electron chi connectivity index (χ0n) is 19.3. The van der Waals surface area contributed by atoms with E-state index in [-0.39, 0.29) is 0 Å². The van der Waals surface area contributed by atoms with Crippen molar-refractivity contribution in [1.82, 2.24) is 19.9 Å². The zero-order chi connectivity index (χ0) is 23.9. The van der Waals surface area contributed by atoms with Gasteiger partial charge in [-0.05, 0) is 71.5 Å². The number of hydrogen-bond donors (Lipinski definition) is 2. The van der Waals surface area contributed by atoms with Gasteiger partial charge in [0.05, 0.1) is 6.04 Å². The Morgan fingerprint density at radius 2 is 2.06 bits per heavy atom. The topological polar surface area (TPSA) is 85.3 Å². The van der Waals surface area contributed by atoms with Crippen molar-refractivity contribution in [3.05, 3.63) is 102 Å². The molecule has 0 spiro atoms. The molecule has 0 saturated carbocycles. The van der Waals surface area contributed by atoms with E-state index in [1.807, 2.05) is 48.9 Å². The summed E-state index contributed by atoms with van der Waals surface area (Å²) < 4.78 is 0. The van der Waals surface area contributed by atoms with E-state index in [4.69, 9.17) is 0 Å². The Bertz CT molecular complexity index is 1490. The molecule has 4 aromatic rings. The lowest BCUT2D eigenvalue weighted by Gasteiger charge is -2.35. The molecule has 0 bridgehead atoms. The molecule has 0 saturated heterocycles. The predicted molar refractivity (Wildman–Crippen MR) is 136 cm³/mol. The number of carbonyl (C=O) groups is 1. The molecule has 6 rings (SSSR count). The van der Waals surface area contributed by atoms with Gasteiger partial charge in [0, 0.05) is 48.8 Å². The Balaban J connectivity index is 1.50. The van der Waals surface area contributed by atoms with Crippen LogP contribution in [0.15, 0.2) is 79.4 Å². The SMILES string of the molecule is Cc1c[nH]c2ncc(-c3cc4c(c([C@@H]5C=CC=CN5C(=O)O)c3)CN(c3ccccn3)CC4)cc12. The zero-order valence-corrected chi connectivity index (χ0v) is 19.3. The van der Waals surface area contributed by atoms with Crippen LogP contribution in [-0.4, -0.2) is 37.6 Å². The average Bonchev–Trinajstić information content (AvgIpc) is 3.28. The Morgan fingerprint density at radius 1 is 1.14 bits per heavy atom. The quantitative estimate of drug-likeness (QED) is 0.413. The lowest BCUT2D eigenvalue weighted by molar-refractivity contribution is 0.154. The summed E-state index contributed by atoms with van der Waals surface area (Å²) in [5, 5.41) is 11.0. The summed E-state index contributed by atoms with van der Waals surface area (Å²) in [6.45, 7) is 3.60. The van der Waals surface area contributed by atoms with Gasteiger partial charge in [0.2, 0.25) is 0 Å². The van der Waals surface area contributed by atoms with E-state index in [2.05, 4.69) is 45.0 Å². The van der Waals surface area contributed by atoms with Crippen molar-refractivity contribution in [3.8, 4) is 11.1 Å². The lowest BCUT2D eigenvalue weighted by Crippen LogP contribution is -2.34. The number of allylic oxidation sites excluding steroid dienone is 2. The van der Waals surface area contributed by atoms with Gasteiger partial charge in [-0.25, -0.2) is 14.8 Å². The number of nitrogens with one attached hydrogen (secondary N) is 1. The van der Waals surface area contributed by atoms with Crippen LogP contribution in [-0.2, 0) is 13.0 Å². The van der Waals surface area contributed by atoms with Gasteiger partial charge in [0.25, 0.3) is 0 Å². The van der Waals surface area contributed by atoms with Crippen LogP contribution in [0, 0.1) is 6.92 Å². The minimum absolute atomic E-state index is 0.402. The second kappa shape index (κ2) is 8.43. The molecule has 3 aromatic heterocycles. The number of nitrogens with zero attached hydrogens (tertiary/aromatic N) is 4. The van der Waals surface area contributed by atoms with E-state index in [1.54, 1.807) is 12.3 Å². The Labute approximate surface area is 203 Å². The van der Waals surface area contributed by atoms with Crippen LogP contribution in [0.3, 0.4) is 0 Å². The molecule has 1 aromatic carbocycles. The smallest absolute Gasteiger partial charge is 0.412 e. The van der Waals surface area contributed by atoms with E-state index >= 15 is 0 Å². The standard InChI is InChI=1S/C28H25N5O2/c1-18-15-30-27-22(18)14-21(16-31-27)20-12-19-8-11-32(26-7-2-4-9-29-26)17-24(19)23(13-20)25-6-3-5-10-33(25)28(34)35/h2-7,9-10,12-16,25H,8,11,17H2,1H3,(H,30,31)(H,34,35)/t25-/m0/s1. The number of amides is 1. The summed E-state index contributed by atoms with van der Waals surface area (Å²) in [6, 6.07) is 12.1. The van der Waals surface area contributed by atoms with Gasteiger partial charge >= 0.3 is 6.09 Å². The normalized spacial score (nSPS) is 17.1. The van der Waals surface area contributed by atoms with E-state index in [0.717, 1.165) is 57.6 Å². The maximum Gasteiger partial charge on any atom is 0.412 e. The first-order valence-electron chi connectivity index (χ1n) is 11.7. The van der Waals surface area contributed by atoms with Gasteiger partial charge in [-0.1, -0.05) is 24.3 Å². The summed E-state index contributed by atoms with van der Waals surface area (Å²) in [7, 11) is 0. The predicted octanol–water partition coefficient (Wildman–Crippen LogP) is 5.60. The minimum Gasteiger partial charge on any atom is -0.465 e. The molecule has 0 radical (unpaired) electrons. The minimum atomic E-state index is -0.974. The molecular formula is C28H25N5O2. The van der Waals surface area contributed by atoms with Crippen LogP contribution >= 0.6 is 0 Å². The molecule has 35 heavy (non-hydrogen) atoms. The molecule has 1 amide bonds. The van der Waals surface area contributed by atoms with Crippen LogP contribution < -0.4 is 4.90 Å². The van der Waals surface area contributed by atoms with Gasteiger partial charge in [-0.15, -0.1) is 0 Å². The van der Waals surface area contributed by atoms with Crippen molar-refractivity contribution in [3.63, 3.8) is 0 Å². The van der Waals surface area contributed by atoms with E-state index in [1.165, 1.54) is 10.5 Å². The summed E-state index contributed by atoms with van der Waals surface area (Å²) >= 11 is 0. The summed E-state index contributed by atoms with van der Waals surface area (Å²) in [5.74, 6) is 0.930. The van der Waals surface area contributed by atoms with Crippen LogP contribution in [0.25, 0.3) is 22.2 Å². The highest BCUT2D eigenvalue weighted by Crippen LogP contribution is 2.38. The molecule has 2 aliphatic heterocycles. The number of hydrogen-bond acceptors (Lipinski definition) is 4. The number of aromatic amines is 1. The third kappa shape index (κ3) is 3.75.